The van der Waals surface area contributed by atoms with Crippen molar-refractivity contribution < 1.29 is 71.4 Å². The summed E-state index contributed by atoms with van der Waals surface area (Å²) in [5, 5.41) is 0. The largest absolute Gasteiger partial charge is 0.494 e. The smallest absolute Gasteiger partial charge is 0.338 e. The van der Waals surface area contributed by atoms with Crippen LogP contribution in [0.1, 0.15) is 121 Å². The monoisotopic (exact) mass is 956 g/mol. The van der Waals surface area contributed by atoms with E-state index in [1.165, 1.54) is 0 Å². The normalized spacial score (nSPS) is 10.6. The minimum atomic E-state index is -1.23. The first-order chi connectivity index (χ1) is 33.3. The number of ether oxygens (including phenoxy) is 9. The Balaban J connectivity index is 1.38. The Morgan fingerprint density at radius 2 is 0.696 bits per heavy atom. The number of esters is 6. The van der Waals surface area contributed by atoms with Gasteiger partial charge in [0, 0.05) is 19.3 Å². The van der Waals surface area contributed by atoms with Gasteiger partial charge in [-0.2, -0.15) is 0 Å². The first kappa shape index (κ1) is 56.4. The maximum Gasteiger partial charge on any atom is 0.338 e. The fourth-order valence-corrected chi connectivity index (χ4v) is 6.37. The Labute approximate surface area is 406 Å². The average molecular weight is 957 g/mol. The van der Waals surface area contributed by atoms with Crippen LogP contribution in [-0.4, -0.2) is 88.4 Å². The molecule has 0 heterocycles. The van der Waals surface area contributed by atoms with Crippen molar-refractivity contribution in [1.29, 1.82) is 0 Å². The van der Waals surface area contributed by atoms with Crippen molar-refractivity contribution in [3.8, 4) is 17.2 Å². The highest BCUT2D eigenvalue weighted by molar-refractivity contribution is 6.16. The van der Waals surface area contributed by atoms with Crippen LogP contribution in [0.25, 0.3) is 16.7 Å². The molecule has 15 nitrogen and oxygen atoms in total. The topological polar surface area (TPSA) is 185 Å². The molecule has 0 aliphatic rings. The van der Waals surface area contributed by atoms with Crippen molar-refractivity contribution in [1.82, 2.24) is 0 Å². The lowest BCUT2D eigenvalue weighted by Crippen LogP contribution is -2.26. The molecule has 15 heteroatoms. The summed E-state index contributed by atoms with van der Waals surface area (Å²) in [4.78, 5) is 74.1. The van der Waals surface area contributed by atoms with Crippen LogP contribution in [0.3, 0.4) is 0 Å². The molecular formula is C54H68O15. The summed E-state index contributed by atoms with van der Waals surface area (Å²) in [7, 11) is 0. The number of carbonyl (C=O) groups is 6. The SMILES string of the molecule is C=C(C(=O)OCC)c1ccc(OCCCCCC(=O)OCCC(OC(=O)CCCCCOc2ccc(C(=C)C(=O)OCC)cc2)OC(=O)CCCCCOc2ccc(C(=C)C(=O)OCC)cc2)cc1. The fourth-order valence-electron chi connectivity index (χ4n) is 6.37. The van der Waals surface area contributed by atoms with E-state index in [9.17, 15) is 28.8 Å². The molecule has 0 aliphatic carbocycles. The third-order valence-corrected chi connectivity index (χ3v) is 10.2. The van der Waals surface area contributed by atoms with Crippen LogP contribution >= 0.6 is 0 Å². The van der Waals surface area contributed by atoms with Crippen LogP contribution in [0.2, 0.25) is 0 Å². The van der Waals surface area contributed by atoms with Gasteiger partial charge in [-0.25, -0.2) is 14.4 Å². The fraction of sp³-hybridized carbons (Fsp3) is 0.444. The molecule has 0 fully saturated rings. The molecule has 0 saturated heterocycles. The first-order valence-corrected chi connectivity index (χ1v) is 23.7. The quantitative estimate of drug-likeness (QED) is 0.0178. The number of carbonyl (C=O) groups excluding carboxylic acids is 6. The van der Waals surface area contributed by atoms with Crippen LogP contribution < -0.4 is 14.2 Å². The molecule has 0 saturated carbocycles. The molecule has 0 atom stereocenters. The molecule has 3 aromatic rings. The molecule has 0 aromatic heterocycles. The molecule has 0 bridgehead atoms. The standard InChI is InChI=1S/C54H68O15/c1-7-61-52(58)39(4)42-22-28-45(29-23-42)64-35-16-10-13-19-48(55)67-38-34-51(68-49(56)20-14-11-17-36-65-46-30-24-43(25-31-46)40(5)53(59)62-8-2)69-50(57)21-15-12-18-37-66-47-32-26-44(27-33-47)41(6)54(60)63-9-3/h22-33,51H,4-21,34-38H2,1-3H3. The minimum Gasteiger partial charge on any atom is -0.494 e. The molecule has 374 valence electrons. The Morgan fingerprint density at radius 3 is 1.00 bits per heavy atom. The van der Waals surface area contributed by atoms with Gasteiger partial charge in [-0.05, 0) is 132 Å². The lowest BCUT2D eigenvalue weighted by molar-refractivity contribution is -0.191. The molecule has 69 heavy (non-hydrogen) atoms. The third kappa shape index (κ3) is 22.6. The predicted molar refractivity (Wildman–Crippen MR) is 260 cm³/mol. The highest BCUT2D eigenvalue weighted by Gasteiger charge is 2.20. The summed E-state index contributed by atoms with van der Waals surface area (Å²) in [5.74, 6) is -1.04. The number of hydrogen-bond donors (Lipinski definition) is 0. The van der Waals surface area contributed by atoms with Crippen molar-refractivity contribution >= 4 is 52.5 Å². The summed E-state index contributed by atoms with van der Waals surface area (Å²) in [5.41, 5.74) is 2.73. The zero-order valence-corrected chi connectivity index (χ0v) is 40.4. The van der Waals surface area contributed by atoms with Gasteiger partial charge in [-0.3, -0.25) is 14.4 Å². The van der Waals surface area contributed by atoms with Gasteiger partial charge in [0.15, 0.2) is 0 Å². The lowest BCUT2D eigenvalue weighted by atomic mass is 10.1. The van der Waals surface area contributed by atoms with Gasteiger partial charge in [-0.1, -0.05) is 56.1 Å². The summed E-state index contributed by atoms with van der Waals surface area (Å²) in [6.07, 6.45) is 4.77. The average Bonchev–Trinajstić information content (AvgIpc) is 3.34. The highest BCUT2D eigenvalue weighted by atomic mass is 16.7. The van der Waals surface area contributed by atoms with E-state index in [1.807, 2.05) is 0 Å². The summed E-state index contributed by atoms with van der Waals surface area (Å²) in [6.45, 7) is 18.5. The van der Waals surface area contributed by atoms with E-state index in [4.69, 9.17) is 42.6 Å². The van der Waals surface area contributed by atoms with Crippen molar-refractivity contribution in [2.45, 2.75) is 111 Å². The van der Waals surface area contributed by atoms with Gasteiger partial charge in [0.05, 0.1) is 69.4 Å². The first-order valence-electron chi connectivity index (χ1n) is 23.7. The zero-order chi connectivity index (χ0) is 50.2. The maximum atomic E-state index is 12.9. The second kappa shape index (κ2) is 32.7. The molecular weight excluding hydrogens is 889 g/mol. The second-order valence-corrected chi connectivity index (χ2v) is 15.6. The van der Waals surface area contributed by atoms with Gasteiger partial charge in [-0.15, -0.1) is 0 Å². The van der Waals surface area contributed by atoms with Gasteiger partial charge in [0.2, 0.25) is 0 Å². The van der Waals surface area contributed by atoms with Gasteiger partial charge < -0.3 is 42.6 Å². The summed E-state index contributed by atoms with van der Waals surface area (Å²) in [6, 6.07) is 20.9. The molecule has 3 rings (SSSR count). The van der Waals surface area contributed by atoms with Gasteiger partial charge in [0.1, 0.15) is 17.2 Å². The third-order valence-electron chi connectivity index (χ3n) is 10.2. The van der Waals surface area contributed by atoms with Crippen molar-refractivity contribution in [3.63, 3.8) is 0 Å². The Bertz CT molecular complexity index is 2010. The van der Waals surface area contributed by atoms with Gasteiger partial charge in [0.25, 0.3) is 6.29 Å². The zero-order valence-electron chi connectivity index (χ0n) is 40.4. The molecule has 0 N–H and O–H groups in total. The number of hydrogen-bond acceptors (Lipinski definition) is 15. The van der Waals surface area contributed by atoms with Crippen molar-refractivity contribution in [3.05, 3.63) is 109 Å². The van der Waals surface area contributed by atoms with Crippen LogP contribution in [0.15, 0.2) is 92.5 Å². The highest BCUT2D eigenvalue weighted by Crippen LogP contribution is 2.22. The lowest BCUT2D eigenvalue weighted by Gasteiger charge is -2.18. The van der Waals surface area contributed by atoms with E-state index >= 15 is 0 Å². The Hall–Kier alpha value is -6.90. The van der Waals surface area contributed by atoms with Crippen molar-refractivity contribution in [2.24, 2.45) is 0 Å². The van der Waals surface area contributed by atoms with E-state index in [0.29, 0.717) is 112 Å². The second-order valence-electron chi connectivity index (χ2n) is 15.6. The van der Waals surface area contributed by atoms with Gasteiger partial charge >= 0.3 is 35.8 Å². The molecule has 0 aliphatic heterocycles. The molecule has 3 aromatic carbocycles. The van der Waals surface area contributed by atoms with E-state index < -0.39 is 42.1 Å². The Morgan fingerprint density at radius 1 is 0.391 bits per heavy atom. The molecule has 0 spiro atoms. The van der Waals surface area contributed by atoms with Crippen LogP contribution in [-0.2, 0) is 57.2 Å². The van der Waals surface area contributed by atoms with E-state index in [2.05, 4.69) is 19.7 Å². The summed E-state index contributed by atoms with van der Waals surface area (Å²) < 4.78 is 48.9. The Kier molecular flexibility index (Phi) is 26.8. The van der Waals surface area contributed by atoms with E-state index in [-0.39, 0.29) is 68.8 Å². The molecule has 0 radical (unpaired) electrons. The number of rotatable bonds is 35. The van der Waals surface area contributed by atoms with E-state index in [0.717, 1.165) is 0 Å². The number of benzene rings is 3. The maximum absolute atomic E-state index is 12.9. The predicted octanol–water partition coefficient (Wildman–Crippen LogP) is 9.98. The summed E-state index contributed by atoms with van der Waals surface area (Å²) >= 11 is 0. The van der Waals surface area contributed by atoms with Crippen LogP contribution in [0.4, 0.5) is 0 Å². The number of unbranched alkanes of at least 4 members (excludes halogenated alkanes) is 6. The van der Waals surface area contributed by atoms with Crippen molar-refractivity contribution in [2.75, 3.05) is 46.2 Å². The van der Waals surface area contributed by atoms with Crippen LogP contribution in [0.5, 0.6) is 17.2 Å². The molecule has 0 unspecified atom stereocenters. The molecule has 0 amide bonds. The van der Waals surface area contributed by atoms with E-state index in [1.54, 1.807) is 93.6 Å². The minimum absolute atomic E-state index is 0.0253. The van der Waals surface area contributed by atoms with Crippen LogP contribution in [0, 0.1) is 0 Å².